The fourth-order valence-electron chi connectivity index (χ4n) is 4.83. The summed E-state index contributed by atoms with van der Waals surface area (Å²) in [4.78, 5) is 24.8. The Labute approximate surface area is 174 Å². The van der Waals surface area contributed by atoms with E-state index in [-0.39, 0.29) is 6.03 Å². The number of aryl methyl sites for hydroxylation is 1. The van der Waals surface area contributed by atoms with E-state index in [0.717, 1.165) is 6.54 Å². The zero-order valence-corrected chi connectivity index (χ0v) is 17.0. The molecule has 2 aromatic heterocycles. The van der Waals surface area contributed by atoms with Crippen molar-refractivity contribution in [3.8, 4) is 11.1 Å². The first kappa shape index (κ1) is 18.8. The van der Waals surface area contributed by atoms with E-state index in [0.29, 0.717) is 52.7 Å². The van der Waals surface area contributed by atoms with Gasteiger partial charge in [-0.3, -0.25) is 4.90 Å². The Bertz CT molecular complexity index is 1120. The zero-order valence-electron chi connectivity index (χ0n) is 17.0. The second-order valence-electron chi connectivity index (χ2n) is 8.31. The van der Waals surface area contributed by atoms with Crippen LogP contribution in [0.3, 0.4) is 0 Å². The van der Waals surface area contributed by atoms with E-state index in [2.05, 4.69) is 9.97 Å². The Morgan fingerprint density at radius 3 is 2.73 bits per heavy atom. The topological polar surface area (TPSA) is 80.3 Å². The van der Waals surface area contributed by atoms with Crippen LogP contribution in [-0.4, -0.2) is 45.1 Å². The quantitative estimate of drug-likeness (QED) is 0.712. The van der Waals surface area contributed by atoms with Gasteiger partial charge in [0.05, 0.1) is 5.39 Å². The van der Waals surface area contributed by atoms with Gasteiger partial charge in [0.25, 0.3) is 0 Å². The van der Waals surface area contributed by atoms with Crippen molar-refractivity contribution in [2.45, 2.75) is 25.7 Å². The van der Waals surface area contributed by atoms with Gasteiger partial charge in [0.2, 0.25) is 0 Å². The number of carbonyl (C=O) groups excluding carboxylic acids is 1. The third kappa shape index (κ3) is 3.07. The van der Waals surface area contributed by atoms with Gasteiger partial charge in [-0.15, -0.1) is 0 Å². The van der Waals surface area contributed by atoms with Crippen LogP contribution in [0, 0.1) is 11.7 Å². The molecule has 2 amide bonds. The predicted molar refractivity (Wildman–Crippen MR) is 115 cm³/mol. The normalized spacial score (nSPS) is 17.6. The second-order valence-corrected chi connectivity index (χ2v) is 8.31. The maximum absolute atomic E-state index is 15.2. The van der Waals surface area contributed by atoms with Crippen molar-refractivity contribution in [3.05, 3.63) is 36.5 Å². The van der Waals surface area contributed by atoms with Gasteiger partial charge < -0.3 is 15.2 Å². The predicted octanol–water partition coefficient (Wildman–Crippen LogP) is 3.79. The van der Waals surface area contributed by atoms with Gasteiger partial charge in [-0.2, -0.15) is 0 Å². The summed E-state index contributed by atoms with van der Waals surface area (Å²) < 4.78 is 17.0. The molecule has 3 aromatic rings. The number of rotatable bonds is 4. The Balaban J connectivity index is 1.43. The van der Waals surface area contributed by atoms with Crippen molar-refractivity contribution >= 4 is 28.6 Å². The lowest BCUT2D eigenvalue weighted by atomic mass is 10.0. The fraction of sp³-hybridized carbons (Fsp3) is 0.409. The van der Waals surface area contributed by atoms with Crippen molar-refractivity contribution in [1.82, 2.24) is 19.4 Å². The Hall–Kier alpha value is -3.16. The molecule has 0 bridgehead atoms. The molecular weight excluding hydrogens is 383 g/mol. The summed E-state index contributed by atoms with van der Waals surface area (Å²) in [5, 5.41) is 0.631. The monoisotopic (exact) mass is 408 g/mol. The van der Waals surface area contributed by atoms with Crippen LogP contribution in [-0.2, 0) is 7.05 Å². The van der Waals surface area contributed by atoms with Crippen molar-refractivity contribution in [2.75, 3.05) is 30.3 Å². The molecule has 1 aliphatic heterocycles. The Morgan fingerprint density at radius 1 is 1.17 bits per heavy atom. The molecule has 0 unspecified atom stereocenters. The first-order valence-electron chi connectivity index (χ1n) is 10.4. The van der Waals surface area contributed by atoms with E-state index < -0.39 is 5.82 Å². The van der Waals surface area contributed by atoms with Gasteiger partial charge in [-0.25, -0.2) is 19.2 Å². The molecule has 2 fully saturated rings. The van der Waals surface area contributed by atoms with E-state index in [1.165, 1.54) is 38.1 Å². The molecule has 0 spiro atoms. The molecule has 2 N–H and O–H groups in total. The summed E-state index contributed by atoms with van der Waals surface area (Å²) in [6, 6.07) is 4.91. The van der Waals surface area contributed by atoms with Crippen LogP contribution in [0.4, 0.5) is 20.7 Å². The van der Waals surface area contributed by atoms with E-state index in [1.54, 1.807) is 27.8 Å². The molecule has 3 heterocycles. The number of halogens is 1. The van der Waals surface area contributed by atoms with Gasteiger partial charge in [0, 0.05) is 49.7 Å². The SMILES string of the molecule is Cn1cc(-c2ccc(N3CCN(CC4CCCC4)C3=O)cc2F)c2c(N)ncnc21. The summed E-state index contributed by atoms with van der Waals surface area (Å²) in [6.45, 7) is 2.08. The molecule has 1 saturated heterocycles. The third-order valence-corrected chi connectivity index (χ3v) is 6.39. The zero-order chi connectivity index (χ0) is 20.8. The number of nitrogen functional groups attached to an aromatic ring is 1. The minimum Gasteiger partial charge on any atom is -0.383 e. The number of urea groups is 1. The van der Waals surface area contributed by atoms with E-state index >= 15 is 4.39 Å². The van der Waals surface area contributed by atoms with Crippen LogP contribution in [0.15, 0.2) is 30.7 Å². The van der Waals surface area contributed by atoms with E-state index in [1.807, 2.05) is 11.9 Å². The molecule has 0 radical (unpaired) electrons. The molecule has 1 aromatic carbocycles. The largest absolute Gasteiger partial charge is 0.383 e. The molecule has 156 valence electrons. The first-order chi connectivity index (χ1) is 14.5. The van der Waals surface area contributed by atoms with Gasteiger partial charge in [-0.1, -0.05) is 12.8 Å². The summed E-state index contributed by atoms with van der Waals surface area (Å²) in [6.07, 6.45) is 8.12. The van der Waals surface area contributed by atoms with Crippen LogP contribution in [0.25, 0.3) is 22.2 Å². The Kier molecular flexibility index (Phi) is 4.56. The molecule has 8 heteroatoms. The lowest BCUT2D eigenvalue weighted by molar-refractivity contribution is 0.212. The van der Waals surface area contributed by atoms with Crippen molar-refractivity contribution < 1.29 is 9.18 Å². The molecule has 2 aliphatic rings. The molecule has 5 rings (SSSR count). The molecule has 0 atom stereocenters. The number of carbonyl (C=O) groups is 1. The van der Waals surface area contributed by atoms with Crippen molar-refractivity contribution in [2.24, 2.45) is 13.0 Å². The molecular formula is C22H25FN6O. The smallest absolute Gasteiger partial charge is 0.324 e. The van der Waals surface area contributed by atoms with Gasteiger partial charge in [0.1, 0.15) is 23.6 Å². The highest BCUT2D eigenvalue weighted by Gasteiger charge is 2.32. The first-order valence-corrected chi connectivity index (χ1v) is 10.4. The lowest BCUT2D eigenvalue weighted by Crippen LogP contribution is -2.34. The number of nitrogens with two attached hydrogens (primary N) is 1. The minimum absolute atomic E-state index is 0.0307. The number of benzene rings is 1. The number of hydrogen-bond donors (Lipinski definition) is 1. The van der Waals surface area contributed by atoms with Gasteiger partial charge >= 0.3 is 6.03 Å². The van der Waals surface area contributed by atoms with Crippen molar-refractivity contribution in [3.63, 3.8) is 0 Å². The van der Waals surface area contributed by atoms with E-state index in [4.69, 9.17) is 5.73 Å². The van der Waals surface area contributed by atoms with Crippen LogP contribution in [0.2, 0.25) is 0 Å². The number of nitrogens with zero attached hydrogens (tertiary/aromatic N) is 5. The van der Waals surface area contributed by atoms with E-state index in [9.17, 15) is 4.79 Å². The minimum atomic E-state index is -0.398. The second kappa shape index (κ2) is 7.27. The molecule has 7 nitrogen and oxygen atoms in total. The third-order valence-electron chi connectivity index (χ3n) is 6.39. The number of amides is 2. The highest BCUT2D eigenvalue weighted by Crippen LogP contribution is 2.35. The summed E-state index contributed by atoms with van der Waals surface area (Å²) in [7, 11) is 1.84. The average Bonchev–Trinajstić information content (AvgIpc) is 3.44. The summed E-state index contributed by atoms with van der Waals surface area (Å²) in [5.74, 6) is 0.522. The number of aromatic nitrogens is 3. The van der Waals surface area contributed by atoms with Crippen LogP contribution in [0.1, 0.15) is 25.7 Å². The molecule has 1 aliphatic carbocycles. The standard InChI is InChI=1S/C22H25FN6O/c1-27-12-17(19-20(24)25-13-26-21(19)27)16-7-6-15(10-18(16)23)29-9-8-28(22(29)30)11-14-4-2-3-5-14/h6-7,10,12-14H,2-5,8-9,11H2,1H3,(H2,24,25,26). The number of fused-ring (bicyclic) bond motifs is 1. The Morgan fingerprint density at radius 2 is 1.97 bits per heavy atom. The summed E-state index contributed by atoms with van der Waals surface area (Å²) in [5.41, 5.74) is 8.34. The molecule has 1 saturated carbocycles. The van der Waals surface area contributed by atoms with Crippen LogP contribution in [0.5, 0.6) is 0 Å². The average molecular weight is 408 g/mol. The molecule has 30 heavy (non-hydrogen) atoms. The van der Waals surface area contributed by atoms with Crippen LogP contribution < -0.4 is 10.6 Å². The van der Waals surface area contributed by atoms with Gasteiger partial charge in [0.15, 0.2) is 0 Å². The van der Waals surface area contributed by atoms with Crippen molar-refractivity contribution in [1.29, 1.82) is 0 Å². The maximum Gasteiger partial charge on any atom is 0.324 e. The highest BCUT2D eigenvalue weighted by atomic mass is 19.1. The highest BCUT2D eigenvalue weighted by molar-refractivity contribution is 6.01. The number of hydrogen-bond acceptors (Lipinski definition) is 4. The van der Waals surface area contributed by atoms with Gasteiger partial charge in [-0.05, 0) is 37.0 Å². The summed E-state index contributed by atoms with van der Waals surface area (Å²) >= 11 is 0. The maximum atomic E-state index is 15.2. The van der Waals surface area contributed by atoms with Crippen LogP contribution >= 0.6 is 0 Å². The fourth-order valence-corrected chi connectivity index (χ4v) is 4.83. The number of anilines is 2. The lowest BCUT2D eigenvalue weighted by Gasteiger charge is -2.21.